The summed E-state index contributed by atoms with van der Waals surface area (Å²) in [5.41, 5.74) is 4.10. The van der Waals surface area contributed by atoms with Crippen LogP contribution in [0.4, 0.5) is 0 Å². The van der Waals surface area contributed by atoms with Crippen molar-refractivity contribution in [2.24, 2.45) is 5.41 Å². The van der Waals surface area contributed by atoms with E-state index in [0.717, 1.165) is 36.0 Å². The predicted molar refractivity (Wildman–Crippen MR) is 136 cm³/mol. The first-order chi connectivity index (χ1) is 16.1. The molecule has 3 aromatic rings. The molecule has 2 unspecified atom stereocenters. The molecule has 0 saturated carbocycles. The maximum atomic E-state index is 11.9. The van der Waals surface area contributed by atoms with Gasteiger partial charge >= 0.3 is 5.97 Å². The van der Waals surface area contributed by atoms with Gasteiger partial charge in [-0.3, -0.25) is 0 Å². The fourth-order valence-electron chi connectivity index (χ4n) is 4.01. The Morgan fingerprint density at radius 1 is 1.09 bits per heavy atom. The Hall–Kier alpha value is -2.79. The number of esters is 1. The number of aryl methyl sites for hydroxylation is 2. The van der Waals surface area contributed by atoms with E-state index >= 15 is 0 Å². The Morgan fingerprint density at radius 2 is 1.85 bits per heavy atom. The molecule has 0 aliphatic heterocycles. The fraction of sp³-hybridized carbons (Fsp3) is 0.483. The molecular formula is C29H38O5. The third kappa shape index (κ3) is 6.41. The summed E-state index contributed by atoms with van der Waals surface area (Å²) >= 11 is 0. The molecule has 0 fully saturated rings. The number of benzene rings is 2. The van der Waals surface area contributed by atoms with Crippen molar-refractivity contribution in [1.29, 1.82) is 0 Å². The minimum Gasteiger partial charge on any atom is -0.491 e. The second-order valence-electron chi connectivity index (χ2n) is 10.1. The number of aliphatic hydroxyl groups excluding tert-OH is 1. The standard InChI is InChI=1S/C29H38O5/c1-7-21(22-12-14-24(19(3)15-22)33-18-27(30)29(4,5)6)11-9-20-10-13-25-23(16-20)17-26(34-25)28(31)32-8-2/h10,12-17,21,27,30H,7-9,11,18H2,1-6H3. The van der Waals surface area contributed by atoms with Gasteiger partial charge in [0.1, 0.15) is 17.9 Å². The maximum Gasteiger partial charge on any atom is 0.374 e. The zero-order valence-electron chi connectivity index (χ0n) is 21.3. The maximum absolute atomic E-state index is 11.9. The van der Waals surface area contributed by atoms with Gasteiger partial charge in [0.05, 0.1) is 12.7 Å². The highest BCUT2D eigenvalue weighted by molar-refractivity contribution is 5.92. The summed E-state index contributed by atoms with van der Waals surface area (Å²) in [4.78, 5) is 11.9. The van der Waals surface area contributed by atoms with E-state index in [1.54, 1.807) is 13.0 Å². The monoisotopic (exact) mass is 466 g/mol. The molecule has 3 rings (SSSR count). The van der Waals surface area contributed by atoms with Crippen LogP contribution in [0.25, 0.3) is 11.0 Å². The molecule has 5 heteroatoms. The smallest absolute Gasteiger partial charge is 0.374 e. The molecule has 2 atom stereocenters. The second-order valence-corrected chi connectivity index (χ2v) is 10.1. The van der Waals surface area contributed by atoms with Crippen molar-refractivity contribution in [2.75, 3.05) is 13.2 Å². The van der Waals surface area contributed by atoms with Gasteiger partial charge < -0.3 is 19.0 Å². The third-order valence-corrected chi connectivity index (χ3v) is 6.40. The van der Waals surface area contributed by atoms with Crippen molar-refractivity contribution >= 4 is 16.9 Å². The fourth-order valence-corrected chi connectivity index (χ4v) is 4.01. The second kappa shape index (κ2) is 11.1. The predicted octanol–water partition coefficient (Wildman–Crippen LogP) is 6.83. The quantitative estimate of drug-likeness (QED) is 0.332. The largest absolute Gasteiger partial charge is 0.491 e. The molecule has 1 N–H and O–H groups in total. The summed E-state index contributed by atoms with van der Waals surface area (Å²) in [7, 11) is 0. The van der Waals surface area contributed by atoms with Gasteiger partial charge in [-0.2, -0.15) is 0 Å². The molecule has 0 bridgehead atoms. The van der Waals surface area contributed by atoms with Crippen LogP contribution in [0.3, 0.4) is 0 Å². The minimum absolute atomic E-state index is 0.207. The molecule has 184 valence electrons. The average molecular weight is 467 g/mol. The molecule has 0 spiro atoms. The van der Waals surface area contributed by atoms with Crippen LogP contribution < -0.4 is 4.74 Å². The van der Waals surface area contributed by atoms with Crippen molar-refractivity contribution < 1.29 is 23.8 Å². The van der Waals surface area contributed by atoms with Crippen LogP contribution in [0.2, 0.25) is 0 Å². The number of aliphatic hydroxyl groups is 1. The topological polar surface area (TPSA) is 68.9 Å². The van der Waals surface area contributed by atoms with E-state index in [9.17, 15) is 9.90 Å². The van der Waals surface area contributed by atoms with Crippen LogP contribution >= 0.6 is 0 Å². The Kier molecular flexibility index (Phi) is 8.42. The average Bonchev–Trinajstić information content (AvgIpc) is 3.22. The molecule has 5 nitrogen and oxygen atoms in total. The van der Waals surface area contributed by atoms with E-state index in [0.29, 0.717) is 18.1 Å². The van der Waals surface area contributed by atoms with E-state index in [1.807, 2.05) is 32.9 Å². The molecule has 0 aliphatic carbocycles. The van der Waals surface area contributed by atoms with Gasteiger partial charge in [-0.25, -0.2) is 4.79 Å². The summed E-state index contributed by atoms with van der Waals surface area (Å²) < 4.78 is 16.6. The highest BCUT2D eigenvalue weighted by Gasteiger charge is 2.23. The van der Waals surface area contributed by atoms with Gasteiger partial charge in [0.25, 0.3) is 0 Å². The van der Waals surface area contributed by atoms with Crippen LogP contribution in [-0.2, 0) is 11.2 Å². The van der Waals surface area contributed by atoms with Crippen molar-refractivity contribution in [2.45, 2.75) is 72.8 Å². The molecule has 0 amide bonds. The normalized spacial score (nSPS) is 13.6. The SMILES string of the molecule is CCOC(=O)c1cc2cc(CCC(CC)c3ccc(OCC(O)C(C)(C)C)c(C)c3)ccc2o1. The lowest BCUT2D eigenvalue weighted by Crippen LogP contribution is -2.32. The number of hydrogen-bond donors (Lipinski definition) is 1. The van der Waals surface area contributed by atoms with Crippen LogP contribution in [-0.4, -0.2) is 30.4 Å². The van der Waals surface area contributed by atoms with Gasteiger partial charge in [0, 0.05) is 5.39 Å². The molecule has 0 saturated heterocycles. The number of furan rings is 1. The highest BCUT2D eigenvalue weighted by atomic mass is 16.5. The lowest BCUT2D eigenvalue weighted by atomic mass is 9.89. The first-order valence-electron chi connectivity index (χ1n) is 12.2. The summed E-state index contributed by atoms with van der Waals surface area (Å²) in [6.45, 7) is 12.7. The van der Waals surface area contributed by atoms with Crippen LogP contribution in [0.5, 0.6) is 5.75 Å². The molecule has 2 aromatic carbocycles. The van der Waals surface area contributed by atoms with Gasteiger partial charge in [-0.1, -0.05) is 45.9 Å². The van der Waals surface area contributed by atoms with Crippen molar-refractivity contribution in [3.8, 4) is 5.75 Å². The van der Waals surface area contributed by atoms with Gasteiger partial charge in [0.15, 0.2) is 0 Å². The Balaban J connectivity index is 1.65. The van der Waals surface area contributed by atoms with Crippen LogP contribution in [0.15, 0.2) is 46.9 Å². The lowest BCUT2D eigenvalue weighted by Gasteiger charge is -2.26. The first kappa shape index (κ1) is 25.8. The van der Waals surface area contributed by atoms with Gasteiger partial charge in [-0.15, -0.1) is 0 Å². The van der Waals surface area contributed by atoms with E-state index in [-0.39, 0.29) is 17.8 Å². The summed E-state index contributed by atoms with van der Waals surface area (Å²) in [6, 6.07) is 14.2. The Labute approximate surface area is 203 Å². The van der Waals surface area contributed by atoms with Crippen LogP contribution in [0.1, 0.15) is 80.6 Å². The Morgan fingerprint density at radius 3 is 2.50 bits per heavy atom. The van der Waals surface area contributed by atoms with Crippen molar-refractivity contribution in [1.82, 2.24) is 0 Å². The number of carbonyl (C=O) groups is 1. The molecule has 34 heavy (non-hydrogen) atoms. The third-order valence-electron chi connectivity index (χ3n) is 6.40. The van der Waals surface area contributed by atoms with Gasteiger partial charge in [0.2, 0.25) is 5.76 Å². The number of ether oxygens (including phenoxy) is 2. The van der Waals surface area contributed by atoms with Gasteiger partial charge in [-0.05, 0) is 85.4 Å². The van der Waals surface area contributed by atoms with E-state index in [4.69, 9.17) is 13.9 Å². The number of carbonyl (C=O) groups excluding carboxylic acids is 1. The lowest BCUT2D eigenvalue weighted by molar-refractivity contribution is 0.0216. The minimum atomic E-state index is -0.518. The van der Waals surface area contributed by atoms with Crippen LogP contribution in [0, 0.1) is 12.3 Å². The van der Waals surface area contributed by atoms with E-state index in [2.05, 4.69) is 38.1 Å². The van der Waals surface area contributed by atoms with Crippen molar-refractivity contribution in [3.63, 3.8) is 0 Å². The van der Waals surface area contributed by atoms with E-state index in [1.165, 1.54) is 11.1 Å². The highest BCUT2D eigenvalue weighted by Crippen LogP contribution is 2.31. The molecular weight excluding hydrogens is 428 g/mol. The zero-order chi connectivity index (χ0) is 24.9. The first-order valence-corrected chi connectivity index (χ1v) is 12.2. The molecule has 0 radical (unpaired) electrons. The van der Waals surface area contributed by atoms with Crippen molar-refractivity contribution in [3.05, 3.63) is 64.9 Å². The summed E-state index contributed by atoms with van der Waals surface area (Å²) in [6.07, 6.45) is 2.48. The molecule has 1 heterocycles. The van der Waals surface area contributed by atoms with E-state index < -0.39 is 12.1 Å². The zero-order valence-corrected chi connectivity index (χ0v) is 21.3. The number of fused-ring (bicyclic) bond motifs is 1. The Bertz CT molecular complexity index is 1110. The number of rotatable bonds is 10. The summed E-state index contributed by atoms with van der Waals surface area (Å²) in [5, 5.41) is 11.2. The number of hydrogen-bond acceptors (Lipinski definition) is 5. The molecule has 0 aliphatic rings. The molecule has 1 aromatic heterocycles. The summed E-state index contributed by atoms with van der Waals surface area (Å²) in [5.74, 6) is 1.07.